The van der Waals surface area contributed by atoms with Gasteiger partial charge in [-0.15, -0.1) is 0 Å². The van der Waals surface area contributed by atoms with Crippen LogP contribution < -0.4 is 10.1 Å². The van der Waals surface area contributed by atoms with Crippen LogP contribution in [-0.2, 0) is 0 Å². The lowest BCUT2D eigenvalue weighted by Gasteiger charge is -2.25. The molecule has 0 amide bonds. The van der Waals surface area contributed by atoms with Crippen molar-refractivity contribution in [3.63, 3.8) is 0 Å². The van der Waals surface area contributed by atoms with Crippen molar-refractivity contribution < 1.29 is 18.6 Å². The van der Waals surface area contributed by atoms with Gasteiger partial charge in [-0.1, -0.05) is 18.2 Å². The Morgan fingerprint density at radius 2 is 2.00 bits per heavy atom. The monoisotopic (exact) mass is 299 g/mol. The highest BCUT2D eigenvalue weighted by Gasteiger charge is 2.72. The second-order valence-corrected chi connectivity index (χ2v) is 5.76. The molecule has 0 saturated heterocycles. The van der Waals surface area contributed by atoms with Gasteiger partial charge in [-0.25, -0.2) is 8.78 Å². The van der Waals surface area contributed by atoms with Crippen LogP contribution in [0.15, 0.2) is 30.3 Å². The van der Waals surface area contributed by atoms with Crippen molar-refractivity contribution in [3.05, 3.63) is 30.3 Å². The molecule has 2 unspecified atom stereocenters. The first-order valence-electron chi connectivity index (χ1n) is 6.57. The largest absolute Gasteiger partial charge is 0.432 e. The maximum atomic E-state index is 13.4. The summed E-state index contributed by atoms with van der Waals surface area (Å²) in [6.45, 7) is 0. The van der Waals surface area contributed by atoms with E-state index in [1.54, 1.807) is 12.1 Å². The van der Waals surface area contributed by atoms with Gasteiger partial charge in [0.1, 0.15) is 5.75 Å². The van der Waals surface area contributed by atoms with Gasteiger partial charge in [0.05, 0.1) is 12.0 Å². The van der Waals surface area contributed by atoms with Gasteiger partial charge in [0.25, 0.3) is 11.1 Å². The summed E-state index contributed by atoms with van der Waals surface area (Å²) in [5.74, 6) is -3.74. The summed E-state index contributed by atoms with van der Waals surface area (Å²) in [6, 6.07) is 8.74. The number of para-hydroxylation sites is 1. The second kappa shape index (κ2) is 4.93. The molecule has 2 fully saturated rings. The number of aliphatic hydroxyl groups excluding tert-OH is 1. The molecule has 3 rings (SSSR count). The molecule has 0 spiro atoms. The Hall–Kier alpha value is -1.27. The number of rotatable bonds is 2. The third kappa shape index (κ3) is 2.50. The Morgan fingerprint density at radius 3 is 2.65 bits per heavy atom. The van der Waals surface area contributed by atoms with Gasteiger partial charge in [0.2, 0.25) is 0 Å². The number of thiocarbonyl (C=S) groups is 1. The van der Waals surface area contributed by atoms with E-state index in [-0.39, 0.29) is 17.6 Å². The lowest BCUT2D eigenvalue weighted by atomic mass is 9.93. The number of ether oxygens (including phenoxy) is 1. The summed E-state index contributed by atoms with van der Waals surface area (Å²) in [5, 5.41) is 12.8. The number of halogens is 2. The third-order valence-electron chi connectivity index (χ3n) is 4.02. The van der Waals surface area contributed by atoms with Crippen LogP contribution in [-0.4, -0.2) is 28.3 Å². The standard InChI is InChI=1S/C14H15F2NO2S/c15-14(16)10-6-8(7-11(18)12(10)14)17-13(20)19-9-4-2-1-3-5-9/h1-5,8,10-12,18H,6-7H2,(H,17,20)/t8-,10?,11-,12?/m1/s1. The van der Waals surface area contributed by atoms with Gasteiger partial charge in [-0.3, -0.25) is 0 Å². The zero-order chi connectivity index (χ0) is 14.3. The molecular formula is C14H15F2NO2S. The number of fused-ring (bicyclic) bond motifs is 1. The van der Waals surface area contributed by atoms with Crippen molar-refractivity contribution in [2.45, 2.75) is 30.9 Å². The normalized spacial score (nSPS) is 34.0. The van der Waals surface area contributed by atoms with Gasteiger partial charge < -0.3 is 15.2 Å². The molecule has 0 bridgehead atoms. The highest BCUT2D eigenvalue weighted by molar-refractivity contribution is 7.80. The molecule has 2 aliphatic carbocycles. The molecule has 2 aliphatic rings. The molecule has 108 valence electrons. The minimum absolute atomic E-state index is 0.149. The SMILES string of the molecule is O[C@@H]1C[C@H](NC(=S)Oc2ccccc2)CC2C1C2(F)F. The van der Waals surface area contributed by atoms with Crippen LogP contribution in [0.5, 0.6) is 5.75 Å². The van der Waals surface area contributed by atoms with Crippen molar-refractivity contribution in [3.8, 4) is 5.75 Å². The zero-order valence-corrected chi connectivity index (χ0v) is 11.4. The van der Waals surface area contributed by atoms with Crippen molar-refractivity contribution in [1.29, 1.82) is 0 Å². The fourth-order valence-corrected chi connectivity index (χ4v) is 3.26. The summed E-state index contributed by atoms with van der Waals surface area (Å²) in [5.41, 5.74) is 0. The average molecular weight is 299 g/mol. The predicted molar refractivity (Wildman–Crippen MR) is 73.8 cm³/mol. The molecule has 20 heavy (non-hydrogen) atoms. The van der Waals surface area contributed by atoms with E-state index >= 15 is 0 Å². The van der Waals surface area contributed by atoms with Crippen molar-refractivity contribution >= 4 is 17.4 Å². The summed E-state index contributed by atoms with van der Waals surface area (Å²) >= 11 is 5.06. The number of nitrogens with one attached hydrogen (secondary N) is 1. The summed E-state index contributed by atoms with van der Waals surface area (Å²) in [6.07, 6.45) is -0.386. The molecule has 6 heteroatoms. The smallest absolute Gasteiger partial charge is 0.262 e. The highest BCUT2D eigenvalue weighted by Crippen LogP contribution is 2.62. The molecule has 1 aromatic carbocycles. The molecule has 3 nitrogen and oxygen atoms in total. The first-order valence-corrected chi connectivity index (χ1v) is 6.98. The number of alkyl halides is 2. The molecular weight excluding hydrogens is 284 g/mol. The van der Waals surface area contributed by atoms with Gasteiger partial charge in [-0.05, 0) is 37.2 Å². The fourth-order valence-electron chi connectivity index (χ4n) is 3.00. The van der Waals surface area contributed by atoms with Gasteiger partial charge in [0, 0.05) is 12.0 Å². The molecule has 0 heterocycles. The van der Waals surface area contributed by atoms with Crippen LogP contribution in [0, 0.1) is 11.8 Å². The lowest BCUT2D eigenvalue weighted by molar-refractivity contribution is 0.0448. The molecule has 0 aliphatic heterocycles. The topological polar surface area (TPSA) is 41.5 Å². The summed E-state index contributed by atoms with van der Waals surface area (Å²) in [7, 11) is 0. The highest BCUT2D eigenvalue weighted by atomic mass is 32.1. The molecule has 2 saturated carbocycles. The van der Waals surface area contributed by atoms with E-state index in [9.17, 15) is 13.9 Å². The van der Waals surface area contributed by atoms with E-state index in [4.69, 9.17) is 17.0 Å². The van der Waals surface area contributed by atoms with Crippen molar-refractivity contribution in [2.24, 2.45) is 11.8 Å². The average Bonchev–Trinajstić information content (AvgIpc) is 2.93. The van der Waals surface area contributed by atoms with Gasteiger partial charge in [0.15, 0.2) is 0 Å². The maximum Gasteiger partial charge on any atom is 0.262 e. The number of hydrogen-bond acceptors (Lipinski definition) is 3. The van der Waals surface area contributed by atoms with Crippen LogP contribution in [0.3, 0.4) is 0 Å². The summed E-state index contributed by atoms with van der Waals surface area (Å²) < 4.78 is 32.1. The Balaban J connectivity index is 1.55. The van der Waals surface area contributed by atoms with E-state index in [0.29, 0.717) is 12.2 Å². The van der Waals surface area contributed by atoms with E-state index in [2.05, 4.69) is 5.32 Å². The Morgan fingerprint density at radius 1 is 1.30 bits per heavy atom. The molecule has 0 radical (unpaired) electrons. The number of benzene rings is 1. The van der Waals surface area contributed by atoms with Crippen LogP contribution in [0.2, 0.25) is 0 Å². The second-order valence-electron chi connectivity index (χ2n) is 5.39. The van der Waals surface area contributed by atoms with E-state index in [1.165, 1.54) is 0 Å². The first kappa shape index (κ1) is 13.7. The lowest BCUT2D eigenvalue weighted by Crippen LogP contribution is -2.41. The minimum atomic E-state index is -2.72. The van der Waals surface area contributed by atoms with Crippen LogP contribution >= 0.6 is 12.2 Å². The Kier molecular flexibility index (Phi) is 3.38. The zero-order valence-electron chi connectivity index (χ0n) is 10.6. The quantitative estimate of drug-likeness (QED) is 0.823. The predicted octanol–water partition coefficient (Wildman–Crippen LogP) is 2.34. The maximum absolute atomic E-state index is 13.4. The van der Waals surface area contributed by atoms with Crippen molar-refractivity contribution in [2.75, 3.05) is 0 Å². The van der Waals surface area contributed by atoms with Crippen LogP contribution in [0.1, 0.15) is 12.8 Å². The minimum Gasteiger partial charge on any atom is -0.432 e. The summed E-state index contributed by atoms with van der Waals surface area (Å²) in [4.78, 5) is 0. The van der Waals surface area contributed by atoms with Gasteiger partial charge >= 0.3 is 0 Å². The Bertz CT molecular complexity index is 511. The fraction of sp³-hybridized carbons (Fsp3) is 0.500. The molecule has 1 aromatic rings. The van der Waals surface area contributed by atoms with Gasteiger partial charge in [-0.2, -0.15) is 0 Å². The molecule has 4 atom stereocenters. The number of hydrogen-bond donors (Lipinski definition) is 2. The molecule has 0 aromatic heterocycles. The Labute approximate surface area is 120 Å². The van der Waals surface area contributed by atoms with Crippen LogP contribution in [0.25, 0.3) is 0 Å². The molecule has 2 N–H and O–H groups in total. The van der Waals surface area contributed by atoms with E-state index in [1.807, 2.05) is 18.2 Å². The van der Waals surface area contributed by atoms with E-state index < -0.39 is 23.9 Å². The van der Waals surface area contributed by atoms with E-state index in [0.717, 1.165) is 0 Å². The van der Waals surface area contributed by atoms with Crippen LogP contribution in [0.4, 0.5) is 8.78 Å². The third-order valence-corrected chi connectivity index (χ3v) is 4.22. The van der Waals surface area contributed by atoms with Crippen molar-refractivity contribution in [1.82, 2.24) is 5.32 Å². The first-order chi connectivity index (χ1) is 9.48. The number of aliphatic hydroxyl groups is 1.